The van der Waals surface area contributed by atoms with E-state index in [0.717, 1.165) is 16.7 Å². The van der Waals surface area contributed by atoms with E-state index in [1.165, 1.54) is 0 Å². The fourth-order valence-electron chi connectivity index (χ4n) is 2.36. The van der Waals surface area contributed by atoms with Crippen molar-refractivity contribution < 1.29 is 23.9 Å². The molecule has 0 fully saturated rings. The SMILES string of the molecule is COc1cc(CC(=O)OCC(=O)NC(=O)Cc2ccccc2)ccc1C. The first-order valence-electron chi connectivity index (χ1n) is 8.13. The largest absolute Gasteiger partial charge is 0.496 e. The van der Waals surface area contributed by atoms with Gasteiger partial charge in [-0.2, -0.15) is 0 Å². The molecule has 1 N–H and O–H groups in total. The number of aryl methyl sites for hydroxylation is 1. The van der Waals surface area contributed by atoms with Gasteiger partial charge in [0.1, 0.15) is 5.75 Å². The number of hydrogen-bond acceptors (Lipinski definition) is 5. The monoisotopic (exact) mass is 355 g/mol. The van der Waals surface area contributed by atoms with Crippen molar-refractivity contribution in [2.45, 2.75) is 19.8 Å². The first kappa shape index (κ1) is 19.2. The smallest absolute Gasteiger partial charge is 0.310 e. The number of imide groups is 1. The molecule has 0 saturated carbocycles. The van der Waals surface area contributed by atoms with Gasteiger partial charge in [0.2, 0.25) is 5.91 Å². The molecule has 2 rings (SSSR count). The van der Waals surface area contributed by atoms with Crippen LogP contribution < -0.4 is 10.1 Å². The number of esters is 1. The summed E-state index contributed by atoms with van der Waals surface area (Å²) in [5, 5.41) is 2.20. The summed E-state index contributed by atoms with van der Waals surface area (Å²) >= 11 is 0. The van der Waals surface area contributed by atoms with Crippen molar-refractivity contribution in [3.8, 4) is 5.75 Å². The maximum atomic E-state index is 11.9. The van der Waals surface area contributed by atoms with Crippen LogP contribution in [0.3, 0.4) is 0 Å². The molecule has 2 aromatic carbocycles. The number of methoxy groups -OCH3 is 1. The molecule has 0 unspecified atom stereocenters. The second kappa shape index (κ2) is 9.36. The van der Waals surface area contributed by atoms with E-state index < -0.39 is 24.4 Å². The Balaban J connectivity index is 1.76. The Hall–Kier alpha value is -3.15. The van der Waals surface area contributed by atoms with Crippen LogP contribution in [0.1, 0.15) is 16.7 Å². The minimum Gasteiger partial charge on any atom is -0.496 e. The van der Waals surface area contributed by atoms with Crippen LogP contribution in [0, 0.1) is 6.92 Å². The molecule has 26 heavy (non-hydrogen) atoms. The summed E-state index contributed by atoms with van der Waals surface area (Å²) in [5.74, 6) is -0.970. The van der Waals surface area contributed by atoms with Crippen molar-refractivity contribution in [1.29, 1.82) is 0 Å². The zero-order valence-corrected chi connectivity index (χ0v) is 14.8. The molecule has 0 aliphatic heterocycles. The number of rotatable bonds is 7. The van der Waals surface area contributed by atoms with E-state index in [2.05, 4.69) is 5.32 Å². The molecular formula is C20H21NO5. The molecule has 0 spiro atoms. The molecule has 0 saturated heterocycles. The molecule has 2 amide bonds. The van der Waals surface area contributed by atoms with Gasteiger partial charge in [-0.15, -0.1) is 0 Å². The van der Waals surface area contributed by atoms with Crippen LogP contribution in [-0.4, -0.2) is 31.5 Å². The second-order valence-corrected chi connectivity index (χ2v) is 5.78. The van der Waals surface area contributed by atoms with E-state index in [9.17, 15) is 14.4 Å². The van der Waals surface area contributed by atoms with Crippen molar-refractivity contribution in [3.05, 3.63) is 65.2 Å². The first-order chi connectivity index (χ1) is 12.5. The minimum atomic E-state index is -0.652. The second-order valence-electron chi connectivity index (χ2n) is 5.78. The lowest BCUT2D eigenvalue weighted by Gasteiger charge is -2.08. The quantitative estimate of drug-likeness (QED) is 0.768. The highest BCUT2D eigenvalue weighted by atomic mass is 16.5. The van der Waals surface area contributed by atoms with Gasteiger partial charge in [0.25, 0.3) is 5.91 Å². The molecule has 6 nitrogen and oxygen atoms in total. The Bertz CT molecular complexity index is 786. The molecule has 2 aromatic rings. The Morgan fingerprint density at radius 2 is 1.65 bits per heavy atom. The summed E-state index contributed by atoms with van der Waals surface area (Å²) < 4.78 is 10.1. The fraction of sp³-hybridized carbons (Fsp3) is 0.250. The maximum absolute atomic E-state index is 11.9. The minimum absolute atomic E-state index is 0.0158. The summed E-state index contributed by atoms with van der Waals surface area (Å²) in [5.41, 5.74) is 2.47. The van der Waals surface area contributed by atoms with E-state index in [0.29, 0.717) is 5.75 Å². The highest BCUT2D eigenvalue weighted by Gasteiger charge is 2.12. The lowest BCUT2D eigenvalue weighted by molar-refractivity contribution is -0.149. The van der Waals surface area contributed by atoms with Crippen LogP contribution in [0.5, 0.6) is 5.75 Å². The molecule has 0 aliphatic rings. The summed E-state index contributed by atoms with van der Waals surface area (Å²) in [6, 6.07) is 14.4. The Morgan fingerprint density at radius 1 is 0.923 bits per heavy atom. The normalized spacial score (nSPS) is 10.1. The molecule has 0 aromatic heterocycles. The lowest BCUT2D eigenvalue weighted by atomic mass is 10.1. The number of amides is 2. The number of ether oxygens (including phenoxy) is 2. The molecule has 136 valence electrons. The van der Waals surface area contributed by atoms with Crippen molar-refractivity contribution in [3.63, 3.8) is 0 Å². The highest BCUT2D eigenvalue weighted by molar-refractivity contribution is 5.97. The number of carbonyl (C=O) groups excluding carboxylic acids is 3. The molecule has 0 atom stereocenters. The number of hydrogen-bond donors (Lipinski definition) is 1. The van der Waals surface area contributed by atoms with Crippen molar-refractivity contribution in [2.24, 2.45) is 0 Å². The standard InChI is InChI=1S/C20H21NO5/c1-14-8-9-16(10-17(14)25-2)12-20(24)26-13-19(23)21-18(22)11-15-6-4-3-5-7-15/h3-10H,11-13H2,1-2H3,(H,21,22,23). The summed E-state index contributed by atoms with van der Waals surface area (Å²) in [6.45, 7) is 1.40. The summed E-state index contributed by atoms with van der Waals surface area (Å²) in [4.78, 5) is 35.3. The first-order valence-corrected chi connectivity index (χ1v) is 8.13. The predicted octanol–water partition coefficient (Wildman–Crippen LogP) is 1.97. The summed E-state index contributed by atoms with van der Waals surface area (Å²) in [6.07, 6.45) is 0.103. The predicted molar refractivity (Wildman–Crippen MR) is 95.7 cm³/mol. The summed E-state index contributed by atoms with van der Waals surface area (Å²) in [7, 11) is 1.56. The zero-order valence-electron chi connectivity index (χ0n) is 14.8. The Kier molecular flexibility index (Phi) is 6.91. The van der Waals surface area contributed by atoms with Crippen LogP contribution in [0.25, 0.3) is 0 Å². The third kappa shape index (κ3) is 6.05. The van der Waals surface area contributed by atoms with Gasteiger partial charge in [-0.1, -0.05) is 42.5 Å². The highest BCUT2D eigenvalue weighted by Crippen LogP contribution is 2.19. The fourth-order valence-corrected chi connectivity index (χ4v) is 2.36. The van der Waals surface area contributed by atoms with Crippen molar-refractivity contribution >= 4 is 17.8 Å². The van der Waals surface area contributed by atoms with Gasteiger partial charge in [-0.3, -0.25) is 19.7 Å². The van der Waals surface area contributed by atoms with Crippen molar-refractivity contribution in [2.75, 3.05) is 13.7 Å². The van der Waals surface area contributed by atoms with Gasteiger partial charge in [0.15, 0.2) is 6.61 Å². The maximum Gasteiger partial charge on any atom is 0.310 e. The molecule has 6 heteroatoms. The van der Waals surface area contributed by atoms with Crippen LogP contribution in [0.15, 0.2) is 48.5 Å². The molecule has 0 radical (unpaired) electrons. The molecule has 0 bridgehead atoms. The average molecular weight is 355 g/mol. The van der Waals surface area contributed by atoms with Gasteiger partial charge < -0.3 is 9.47 Å². The third-order valence-corrected chi connectivity index (χ3v) is 3.67. The van der Waals surface area contributed by atoms with Crippen molar-refractivity contribution in [1.82, 2.24) is 5.32 Å². The number of benzene rings is 2. The molecular weight excluding hydrogens is 334 g/mol. The Morgan fingerprint density at radius 3 is 2.35 bits per heavy atom. The van der Waals surface area contributed by atoms with E-state index in [1.54, 1.807) is 31.4 Å². The number of nitrogens with one attached hydrogen (secondary N) is 1. The molecule has 0 heterocycles. The zero-order chi connectivity index (χ0) is 18.9. The van der Waals surface area contributed by atoms with E-state index in [4.69, 9.17) is 9.47 Å². The third-order valence-electron chi connectivity index (χ3n) is 3.67. The van der Waals surface area contributed by atoms with Gasteiger partial charge in [0.05, 0.1) is 20.0 Å². The van der Waals surface area contributed by atoms with Crippen LogP contribution in [-0.2, 0) is 32.0 Å². The van der Waals surface area contributed by atoms with Gasteiger partial charge >= 0.3 is 5.97 Å². The number of carbonyl (C=O) groups is 3. The lowest BCUT2D eigenvalue weighted by Crippen LogP contribution is -2.35. The van der Waals surface area contributed by atoms with Gasteiger partial charge in [0, 0.05) is 0 Å². The van der Waals surface area contributed by atoms with Gasteiger partial charge in [-0.05, 0) is 29.7 Å². The Labute approximate surface area is 152 Å². The van der Waals surface area contributed by atoms with E-state index in [1.807, 2.05) is 31.2 Å². The van der Waals surface area contributed by atoms with Gasteiger partial charge in [-0.25, -0.2) is 0 Å². The van der Waals surface area contributed by atoms with E-state index >= 15 is 0 Å². The van der Waals surface area contributed by atoms with E-state index in [-0.39, 0.29) is 12.8 Å². The van der Waals surface area contributed by atoms with Crippen LogP contribution in [0.4, 0.5) is 0 Å². The average Bonchev–Trinajstić information content (AvgIpc) is 2.62. The molecule has 0 aliphatic carbocycles. The van der Waals surface area contributed by atoms with Crippen LogP contribution >= 0.6 is 0 Å². The van der Waals surface area contributed by atoms with Crippen LogP contribution in [0.2, 0.25) is 0 Å². The topological polar surface area (TPSA) is 81.7 Å².